The van der Waals surface area contributed by atoms with Crippen LogP contribution >= 0.6 is 0 Å². The number of hydrogen-bond donors (Lipinski definition) is 1. The van der Waals surface area contributed by atoms with Crippen molar-refractivity contribution in [3.63, 3.8) is 0 Å². The number of nitrogens with one attached hydrogen (secondary N) is 1. The lowest BCUT2D eigenvalue weighted by atomic mass is 10.1. The van der Waals surface area contributed by atoms with E-state index in [9.17, 15) is 18.4 Å². The number of carbonyl (C=O) groups excluding carboxylic acids is 2. The third kappa shape index (κ3) is 4.86. The Bertz CT molecular complexity index is 805. The fraction of sp³-hybridized carbons (Fsp3) is 0.263. The van der Waals surface area contributed by atoms with Crippen molar-refractivity contribution in [3.05, 3.63) is 70.3 Å². The van der Waals surface area contributed by atoms with Gasteiger partial charge in [-0.25, -0.2) is 13.6 Å². The van der Waals surface area contributed by atoms with Gasteiger partial charge in [0.05, 0.1) is 11.6 Å². The van der Waals surface area contributed by atoms with Gasteiger partial charge < -0.3 is 10.1 Å². The van der Waals surface area contributed by atoms with E-state index >= 15 is 0 Å². The Morgan fingerprint density at radius 2 is 1.80 bits per heavy atom. The maximum Gasteiger partial charge on any atom is 0.338 e. The minimum Gasteiger partial charge on any atom is -0.452 e. The molecule has 0 radical (unpaired) electrons. The Labute approximate surface area is 144 Å². The van der Waals surface area contributed by atoms with Crippen LogP contribution < -0.4 is 5.32 Å². The lowest BCUT2D eigenvalue weighted by molar-refractivity contribution is -0.124. The SMILES string of the molecule is Cc1ccc(C(=O)OCC(=O)N[C@@H](C)c2ccc(F)cc2F)cc1C. The minimum absolute atomic E-state index is 0.148. The third-order valence-corrected chi connectivity index (χ3v) is 3.88. The van der Waals surface area contributed by atoms with Gasteiger partial charge in [-0.05, 0) is 50.1 Å². The van der Waals surface area contributed by atoms with Crippen LogP contribution in [0.5, 0.6) is 0 Å². The Morgan fingerprint density at radius 1 is 1.08 bits per heavy atom. The van der Waals surface area contributed by atoms with Crippen LogP contribution in [0.2, 0.25) is 0 Å². The average Bonchev–Trinajstić information content (AvgIpc) is 2.55. The number of benzene rings is 2. The first kappa shape index (κ1) is 18.6. The number of carbonyl (C=O) groups is 2. The van der Waals surface area contributed by atoms with E-state index in [4.69, 9.17) is 4.74 Å². The molecule has 1 atom stereocenters. The van der Waals surface area contributed by atoms with E-state index in [1.165, 1.54) is 6.07 Å². The molecule has 0 spiro atoms. The summed E-state index contributed by atoms with van der Waals surface area (Å²) in [5.41, 5.74) is 2.49. The minimum atomic E-state index is -0.750. The summed E-state index contributed by atoms with van der Waals surface area (Å²) in [4.78, 5) is 23.8. The van der Waals surface area contributed by atoms with Gasteiger partial charge in [0.1, 0.15) is 11.6 Å². The zero-order valence-electron chi connectivity index (χ0n) is 14.2. The van der Waals surface area contributed by atoms with Gasteiger partial charge in [0.2, 0.25) is 0 Å². The predicted octanol–water partition coefficient (Wildman–Crippen LogP) is 3.62. The van der Waals surface area contributed by atoms with Gasteiger partial charge in [0.15, 0.2) is 6.61 Å². The van der Waals surface area contributed by atoms with Crippen molar-refractivity contribution in [2.24, 2.45) is 0 Å². The van der Waals surface area contributed by atoms with E-state index in [-0.39, 0.29) is 5.56 Å². The van der Waals surface area contributed by atoms with Crippen LogP contribution in [0, 0.1) is 25.5 Å². The monoisotopic (exact) mass is 347 g/mol. The molecule has 0 bridgehead atoms. The highest BCUT2D eigenvalue weighted by molar-refractivity contribution is 5.91. The van der Waals surface area contributed by atoms with E-state index in [0.29, 0.717) is 5.56 Å². The maximum absolute atomic E-state index is 13.7. The summed E-state index contributed by atoms with van der Waals surface area (Å²) < 4.78 is 31.6. The summed E-state index contributed by atoms with van der Waals surface area (Å²) >= 11 is 0. The highest BCUT2D eigenvalue weighted by Crippen LogP contribution is 2.17. The first-order chi connectivity index (χ1) is 11.8. The van der Waals surface area contributed by atoms with Crippen molar-refractivity contribution in [1.82, 2.24) is 5.32 Å². The summed E-state index contributed by atoms with van der Waals surface area (Å²) in [5, 5.41) is 2.51. The van der Waals surface area contributed by atoms with Gasteiger partial charge in [-0.1, -0.05) is 12.1 Å². The fourth-order valence-electron chi connectivity index (χ4n) is 2.30. The van der Waals surface area contributed by atoms with Crippen LogP contribution in [0.15, 0.2) is 36.4 Å². The van der Waals surface area contributed by atoms with E-state index in [1.807, 2.05) is 13.8 Å². The zero-order valence-corrected chi connectivity index (χ0v) is 14.2. The van der Waals surface area contributed by atoms with Crippen molar-refractivity contribution in [3.8, 4) is 0 Å². The van der Waals surface area contributed by atoms with Gasteiger partial charge >= 0.3 is 5.97 Å². The van der Waals surface area contributed by atoms with Crippen LogP contribution in [0.1, 0.15) is 40.0 Å². The molecule has 0 unspecified atom stereocenters. The quantitative estimate of drug-likeness (QED) is 0.841. The Morgan fingerprint density at radius 3 is 2.44 bits per heavy atom. The zero-order chi connectivity index (χ0) is 18.6. The molecule has 0 fully saturated rings. The standard InChI is InChI=1S/C19H19F2NO3/c1-11-4-5-14(8-12(11)2)19(24)25-10-18(23)22-13(3)16-7-6-15(20)9-17(16)21/h4-9,13H,10H2,1-3H3,(H,22,23)/t13-/m0/s1. The van der Waals surface area contributed by atoms with Gasteiger partial charge in [-0.3, -0.25) is 4.79 Å². The molecular formula is C19H19F2NO3. The smallest absolute Gasteiger partial charge is 0.338 e. The van der Waals surface area contributed by atoms with Gasteiger partial charge in [0.25, 0.3) is 5.91 Å². The summed E-state index contributed by atoms with van der Waals surface area (Å²) in [6.45, 7) is 4.86. The number of esters is 1. The molecule has 1 N–H and O–H groups in total. The lowest BCUT2D eigenvalue weighted by Gasteiger charge is -2.15. The molecule has 0 heterocycles. The Hall–Kier alpha value is -2.76. The summed E-state index contributed by atoms with van der Waals surface area (Å²) in [6, 6.07) is 7.54. The Balaban J connectivity index is 1.91. The third-order valence-electron chi connectivity index (χ3n) is 3.88. The molecule has 0 aliphatic carbocycles. The number of rotatable bonds is 5. The van der Waals surface area contributed by atoms with Crippen LogP contribution in [0.4, 0.5) is 8.78 Å². The summed E-state index contributed by atoms with van der Waals surface area (Å²) in [6.07, 6.45) is 0. The molecule has 0 aliphatic rings. The average molecular weight is 347 g/mol. The summed E-state index contributed by atoms with van der Waals surface area (Å²) in [7, 11) is 0. The second-order valence-electron chi connectivity index (χ2n) is 5.83. The van der Waals surface area contributed by atoms with E-state index in [0.717, 1.165) is 23.3 Å². The topological polar surface area (TPSA) is 55.4 Å². The number of aryl methyl sites for hydroxylation is 2. The number of hydrogen-bond acceptors (Lipinski definition) is 3. The highest BCUT2D eigenvalue weighted by atomic mass is 19.1. The molecule has 0 aromatic heterocycles. The Kier molecular flexibility index (Phi) is 5.85. The normalized spacial score (nSPS) is 11.7. The van der Waals surface area contributed by atoms with E-state index < -0.39 is 36.2 Å². The second-order valence-corrected chi connectivity index (χ2v) is 5.83. The molecule has 1 amide bonds. The first-order valence-electron chi connectivity index (χ1n) is 7.76. The van der Waals surface area contributed by atoms with Gasteiger partial charge in [0, 0.05) is 11.6 Å². The fourth-order valence-corrected chi connectivity index (χ4v) is 2.30. The number of amides is 1. The van der Waals surface area contributed by atoms with Crippen LogP contribution in [-0.4, -0.2) is 18.5 Å². The summed E-state index contributed by atoms with van der Waals surface area (Å²) in [5.74, 6) is -2.63. The molecule has 0 aliphatic heterocycles. The molecule has 0 saturated carbocycles. The van der Waals surface area contributed by atoms with Crippen molar-refractivity contribution >= 4 is 11.9 Å². The molecular weight excluding hydrogens is 328 g/mol. The number of halogens is 2. The maximum atomic E-state index is 13.7. The number of ether oxygens (including phenoxy) is 1. The highest BCUT2D eigenvalue weighted by Gasteiger charge is 2.16. The molecule has 2 aromatic carbocycles. The van der Waals surface area contributed by atoms with Crippen molar-refractivity contribution in [2.75, 3.05) is 6.61 Å². The predicted molar refractivity (Wildman–Crippen MR) is 89.1 cm³/mol. The van der Waals surface area contributed by atoms with Gasteiger partial charge in [-0.2, -0.15) is 0 Å². The van der Waals surface area contributed by atoms with Gasteiger partial charge in [-0.15, -0.1) is 0 Å². The van der Waals surface area contributed by atoms with Crippen LogP contribution in [0.3, 0.4) is 0 Å². The molecule has 2 aromatic rings. The van der Waals surface area contributed by atoms with E-state index in [1.54, 1.807) is 25.1 Å². The molecule has 2 rings (SSSR count). The van der Waals surface area contributed by atoms with Crippen molar-refractivity contribution in [2.45, 2.75) is 26.8 Å². The van der Waals surface area contributed by atoms with Crippen LogP contribution in [0.25, 0.3) is 0 Å². The second kappa shape index (κ2) is 7.88. The first-order valence-corrected chi connectivity index (χ1v) is 7.76. The molecule has 25 heavy (non-hydrogen) atoms. The van der Waals surface area contributed by atoms with Crippen molar-refractivity contribution in [1.29, 1.82) is 0 Å². The molecule has 132 valence electrons. The molecule has 0 saturated heterocycles. The van der Waals surface area contributed by atoms with Crippen LogP contribution in [-0.2, 0) is 9.53 Å². The lowest BCUT2D eigenvalue weighted by Crippen LogP contribution is -2.31. The van der Waals surface area contributed by atoms with E-state index in [2.05, 4.69) is 5.32 Å². The van der Waals surface area contributed by atoms with Crippen molar-refractivity contribution < 1.29 is 23.1 Å². The largest absolute Gasteiger partial charge is 0.452 e. The molecule has 6 heteroatoms. The molecule has 4 nitrogen and oxygen atoms in total.